The summed E-state index contributed by atoms with van der Waals surface area (Å²) in [6.07, 6.45) is 0. The van der Waals surface area contributed by atoms with Gasteiger partial charge in [-0.3, -0.25) is 4.98 Å². The van der Waals surface area contributed by atoms with Gasteiger partial charge in [0.15, 0.2) is 0 Å². The molecular weight excluding hydrogens is 210 g/mol. The van der Waals surface area contributed by atoms with Crippen molar-refractivity contribution in [2.24, 2.45) is 0 Å². The van der Waals surface area contributed by atoms with Gasteiger partial charge in [-0.2, -0.15) is 0 Å². The van der Waals surface area contributed by atoms with Crippen LogP contribution in [0.2, 0.25) is 0 Å². The molecule has 0 saturated carbocycles. The quantitative estimate of drug-likeness (QED) is 0.822. The lowest BCUT2D eigenvalue weighted by atomic mass is 9.97. The van der Waals surface area contributed by atoms with E-state index in [1.165, 1.54) is 0 Å². The Hall–Kier alpha value is -1.87. The highest BCUT2D eigenvalue weighted by atomic mass is 15.0. The summed E-state index contributed by atoms with van der Waals surface area (Å²) in [5.41, 5.74) is 9.86. The van der Waals surface area contributed by atoms with Crippen molar-refractivity contribution < 1.29 is 0 Å². The third-order valence-corrected chi connectivity index (χ3v) is 3.19. The summed E-state index contributed by atoms with van der Waals surface area (Å²) in [6, 6.07) is 14.1. The van der Waals surface area contributed by atoms with E-state index in [0.717, 1.165) is 35.7 Å². The molecule has 1 fully saturated rings. The molecule has 0 spiro atoms. The summed E-state index contributed by atoms with van der Waals surface area (Å²) in [5.74, 6) is 0.540. The molecule has 2 heterocycles. The maximum absolute atomic E-state index is 6.00. The molecule has 3 rings (SSSR count). The van der Waals surface area contributed by atoms with E-state index >= 15 is 0 Å². The molecule has 3 N–H and O–H groups in total. The fourth-order valence-electron chi connectivity index (χ4n) is 2.04. The minimum Gasteiger partial charge on any atom is -0.397 e. The van der Waals surface area contributed by atoms with E-state index in [9.17, 15) is 0 Å². The molecular formula is C14H15N3. The largest absolute Gasteiger partial charge is 0.397 e. The van der Waals surface area contributed by atoms with Gasteiger partial charge in [0.2, 0.25) is 0 Å². The van der Waals surface area contributed by atoms with Gasteiger partial charge in [0.25, 0.3) is 0 Å². The Morgan fingerprint density at radius 3 is 2.47 bits per heavy atom. The van der Waals surface area contributed by atoms with Crippen LogP contribution in [-0.4, -0.2) is 18.1 Å². The Labute approximate surface area is 101 Å². The molecule has 0 radical (unpaired) electrons. The molecule has 0 bridgehead atoms. The predicted molar refractivity (Wildman–Crippen MR) is 69.7 cm³/mol. The molecule has 1 saturated heterocycles. The van der Waals surface area contributed by atoms with Crippen molar-refractivity contribution in [3.8, 4) is 11.3 Å². The van der Waals surface area contributed by atoms with E-state index in [4.69, 9.17) is 10.7 Å². The highest BCUT2D eigenvalue weighted by Gasteiger charge is 2.21. The zero-order valence-electron chi connectivity index (χ0n) is 9.56. The average Bonchev–Trinajstić information content (AvgIpc) is 2.30. The van der Waals surface area contributed by atoms with Crippen LogP contribution in [-0.2, 0) is 0 Å². The van der Waals surface area contributed by atoms with Gasteiger partial charge in [-0.05, 0) is 12.1 Å². The Morgan fingerprint density at radius 2 is 1.82 bits per heavy atom. The van der Waals surface area contributed by atoms with Crippen molar-refractivity contribution in [3.63, 3.8) is 0 Å². The monoisotopic (exact) mass is 225 g/mol. The molecule has 1 aromatic heterocycles. The molecule has 0 amide bonds. The van der Waals surface area contributed by atoms with Gasteiger partial charge in [0.05, 0.1) is 11.4 Å². The van der Waals surface area contributed by atoms with E-state index in [2.05, 4.69) is 5.32 Å². The molecule has 1 aromatic carbocycles. The minimum absolute atomic E-state index is 0.540. The number of rotatable bonds is 2. The maximum atomic E-state index is 6.00. The van der Waals surface area contributed by atoms with Crippen molar-refractivity contribution >= 4 is 5.69 Å². The first-order valence-corrected chi connectivity index (χ1v) is 5.87. The summed E-state index contributed by atoms with van der Waals surface area (Å²) in [7, 11) is 0. The summed E-state index contributed by atoms with van der Waals surface area (Å²) in [4.78, 5) is 4.70. The van der Waals surface area contributed by atoms with Crippen LogP contribution in [0.4, 0.5) is 5.69 Å². The van der Waals surface area contributed by atoms with Crippen molar-refractivity contribution in [1.29, 1.82) is 0 Å². The second kappa shape index (κ2) is 4.18. The van der Waals surface area contributed by atoms with Gasteiger partial charge in [-0.25, -0.2) is 0 Å². The van der Waals surface area contributed by atoms with Crippen LogP contribution >= 0.6 is 0 Å². The second-order valence-electron chi connectivity index (χ2n) is 4.40. The van der Waals surface area contributed by atoms with Crippen LogP contribution in [0.1, 0.15) is 11.6 Å². The number of nitrogens with one attached hydrogen (secondary N) is 1. The summed E-state index contributed by atoms with van der Waals surface area (Å²) >= 11 is 0. The molecule has 0 atom stereocenters. The summed E-state index contributed by atoms with van der Waals surface area (Å²) in [6.45, 7) is 2.04. The van der Waals surface area contributed by atoms with Crippen LogP contribution in [0.25, 0.3) is 11.3 Å². The summed E-state index contributed by atoms with van der Waals surface area (Å²) in [5, 5.41) is 3.26. The normalized spacial score (nSPS) is 15.5. The first kappa shape index (κ1) is 10.3. The average molecular weight is 225 g/mol. The Morgan fingerprint density at radius 1 is 1.06 bits per heavy atom. The number of hydrogen-bond donors (Lipinski definition) is 2. The fraction of sp³-hybridized carbons (Fsp3) is 0.214. The number of hydrogen-bond acceptors (Lipinski definition) is 3. The first-order chi connectivity index (χ1) is 8.34. The lowest BCUT2D eigenvalue weighted by Gasteiger charge is -2.27. The third-order valence-electron chi connectivity index (χ3n) is 3.19. The molecule has 1 aliphatic heterocycles. The molecule has 2 aromatic rings. The molecule has 1 aliphatic rings. The smallest absolute Gasteiger partial charge is 0.0934 e. The van der Waals surface area contributed by atoms with Gasteiger partial charge in [-0.15, -0.1) is 0 Å². The Bertz CT molecular complexity index is 518. The second-order valence-corrected chi connectivity index (χ2v) is 4.40. The molecule has 0 aliphatic carbocycles. The minimum atomic E-state index is 0.540. The van der Waals surface area contributed by atoms with Crippen LogP contribution in [0.5, 0.6) is 0 Å². The van der Waals surface area contributed by atoms with E-state index in [0.29, 0.717) is 5.92 Å². The number of nitrogens with two attached hydrogens (primary N) is 1. The summed E-state index contributed by atoms with van der Waals surface area (Å²) < 4.78 is 0. The highest BCUT2D eigenvalue weighted by Crippen LogP contribution is 2.27. The molecule has 86 valence electrons. The zero-order chi connectivity index (χ0) is 11.7. The number of aromatic nitrogens is 1. The van der Waals surface area contributed by atoms with Crippen molar-refractivity contribution in [1.82, 2.24) is 10.3 Å². The number of nitrogens with zero attached hydrogens (tertiary/aromatic N) is 1. The highest BCUT2D eigenvalue weighted by molar-refractivity contribution is 5.72. The first-order valence-electron chi connectivity index (χ1n) is 5.87. The SMILES string of the molecule is Nc1ccc(C2CNC2)nc1-c1ccccc1. The lowest BCUT2D eigenvalue weighted by Crippen LogP contribution is -2.40. The predicted octanol–water partition coefficient (Wildman–Crippen LogP) is 2.02. The topological polar surface area (TPSA) is 50.9 Å². The number of nitrogen functional groups attached to an aromatic ring is 1. The van der Waals surface area contributed by atoms with Crippen LogP contribution < -0.4 is 11.1 Å². The molecule has 3 nitrogen and oxygen atoms in total. The van der Waals surface area contributed by atoms with E-state index in [1.54, 1.807) is 0 Å². The zero-order valence-corrected chi connectivity index (χ0v) is 9.56. The number of pyridine rings is 1. The van der Waals surface area contributed by atoms with E-state index in [1.807, 2.05) is 42.5 Å². The van der Waals surface area contributed by atoms with Crippen molar-refractivity contribution in [2.45, 2.75) is 5.92 Å². The Balaban J connectivity index is 2.03. The molecule has 3 heteroatoms. The van der Waals surface area contributed by atoms with Crippen molar-refractivity contribution in [2.75, 3.05) is 18.8 Å². The molecule has 0 unspecified atom stereocenters. The third kappa shape index (κ3) is 1.89. The number of anilines is 1. The van der Waals surface area contributed by atoms with Crippen LogP contribution in [0, 0.1) is 0 Å². The van der Waals surface area contributed by atoms with Gasteiger partial charge < -0.3 is 11.1 Å². The molecule has 17 heavy (non-hydrogen) atoms. The van der Waals surface area contributed by atoms with E-state index < -0.39 is 0 Å². The van der Waals surface area contributed by atoms with Gasteiger partial charge >= 0.3 is 0 Å². The fourth-order valence-corrected chi connectivity index (χ4v) is 2.04. The van der Waals surface area contributed by atoms with Crippen LogP contribution in [0.15, 0.2) is 42.5 Å². The lowest BCUT2D eigenvalue weighted by molar-refractivity contribution is 0.440. The standard InChI is InChI=1S/C14H15N3/c15-12-6-7-13(11-8-16-9-11)17-14(12)10-4-2-1-3-5-10/h1-7,11,16H,8-9,15H2. The van der Waals surface area contributed by atoms with Gasteiger partial charge in [0, 0.05) is 30.3 Å². The van der Waals surface area contributed by atoms with Gasteiger partial charge in [0.1, 0.15) is 0 Å². The maximum Gasteiger partial charge on any atom is 0.0934 e. The van der Waals surface area contributed by atoms with Gasteiger partial charge in [-0.1, -0.05) is 30.3 Å². The Kier molecular flexibility index (Phi) is 2.53. The van der Waals surface area contributed by atoms with E-state index in [-0.39, 0.29) is 0 Å². The van der Waals surface area contributed by atoms with Crippen LogP contribution in [0.3, 0.4) is 0 Å². The number of benzene rings is 1. The van der Waals surface area contributed by atoms with Crippen molar-refractivity contribution in [3.05, 3.63) is 48.2 Å².